The Hall–Kier alpha value is -2.43. The van der Waals surface area contributed by atoms with E-state index >= 15 is 0 Å². The van der Waals surface area contributed by atoms with Gasteiger partial charge in [-0.3, -0.25) is 4.79 Å². The lowest BCUT2D eigenvalue weighted by atomic mass is 10.1. The fourth-order valence-electron chi connectivity index (χ4n) is 1.86. The second-order valence-corrected chi connectivity index (χ2v) is 4.49. The van der Waals surface area contributed by atoms with Gasteiger partial charge in [-0.05, 0) is 29.8 Å². The molecule has 0 aliphatic carbocycles. The molecule has 1 amide bonds. The normalized spacial score (nSPS) is 10.3. The number of hydrogen-bond acceptors (Lipinski definition) is 2. The second kappa shape index (κ2) is 5.69. The van der Waals surface area contributed by atoms with Crippen molar-refractivity contribution >= 4 is 11.6 Å². The maximum Gasteiger partial charge on any atom is 0.254 e. The lowest BCUT2D eigenvalue weighted by Gasteiger charge is -2.18. The Morgan fingerprint density at radius 3 is 2.50 bits per heavy atom. The van der Waals surface area contributed by atoms with Crippen molar-refractivity contribution in [1.29, 1.82) is 0 Å². The number of anilines is 1. The van der Waals surface area contributed by atoms with E-state index in [0.717, 1.165) is 17.7 Å². The molecule has 20 heavy (non-hydrogen) atoms. The van der Waals surface area contributed by atoms with Crippen LogP contribution in [-0.2, 0) is 6.54 Å². The van der Waals surface area contributed by atoms with Crippen LogP contribution in [0.3, 0.4) is 0 Å². The highest BCUT2D eigenvalue weighted by Crippen LogP contribution is 2.15. The second-order valence-electron chi connectivity index (χ2n) is 4.49. The van der Waals surface area contributed by atoms with Crippen molar-refractivity contribution in [3.05, 3.63) is 65.2 Å². The molecule has 0 saturated carbocycles. The molecule has 0 spiro atoms. The summed E-state index contributed by atoms with van der Waals surface area (Å²) in [6.45, 7) is 0.296. The van der Waals surface area contributed by atoms with Gasteiger partial charge in [-0.15, -0.1) is 0 Å². The van der Waals surface area contributed by atoms with Crippen molar-refractivity contribution in [2.24, 2.45) is 0 Å². The van der Waals surface area contributed by atoms with Gasteiger partial charge in [0.25, 0.3) is 5.91 Å². The summed E-state index contributed by atoms with van der Waals surface area (Å²) in [5.41, 5.74) is 7.28. The van der Waals surface area contributed by atoms with Gasteiger partial charge in [0.2, 0.25) is 0 Å². The van der Waals surface area contributed by atoms with Crippen LogP contribution in [0.25, 0.3) is 0 Å². The van der Waals surface area contributed by atoms with Crippen LogP contribution in [0, 0.1) is 11.6 Å². The third-order valence-corrected chi connectivity index (χ3v) is 2.98. The molecule has 0 heterocycles. The minimum atomic E-state index is -1.04. The Morgan fingerprint density at radius 2 is 1.85 bits per heavy atom. The molecule has 0 atom stereocenters. The van der Waals surface area contributed by atoms with Crippen molar-refractivity contribution in [2.75, 3.05) is 12.8 Å². The highest BCUT2D eigenvalue weighted by atomic mass is 19.2. The zero-order valence-electron chi connectivity index (χ0n) is 10.9. The molecule has 0 fully saturated rings. The summed E-state index contributed by atoms with van der Waals surface area (Å²) in [6, 6.07) is 10.3. The predicted molar refractivity (Wildman–Crippen MR) is 73.0 cm³/mol. The number of amides is 1. The summed E-state index contributed by atoms with van der Waals surface area (Å²) < 4.78 is 26.0. The van der Waals surface area contributed by atoms with Crippen molar-refractivity contribution < 1.29 is 13.6 Å². The molecule has 0 saturated heterocycles. The zero-order chi connectivity index (χ0) is 14.7. The first kappa shape index (κ1) is 14.0. The predicted octanol–water partition coefficient (Wildman–Crippen LogP) is 2.82. The molecule has 2 rings (SSSR count). The number of halogens is 2. The number of benzene rings is 2. The van der Waals surface area contributed by atoms with Crippen LogP contribution in [0.1, 0.15) is 15.9 Å². The summed E-state index contributed by atoms with van der Waals surface area (Å²) in [4.78, 5) is 13.5. The molecule has 0 radical (unpaired) electrons. The van der Waals surface area contributed by atoms with Gasteiger partial charge in [0.15, 0.2) is 11.6 Å². The minimum absolute atomic E-state index is 0.0981. The van der Waals surface area contributed by atoms with Gasteiger partial charge in [0.05, 0.1) is 0 Å². The van der Waals surface area contributed by atoms with Crippen LogP contribution in [0.5, 0.6) is 0 Å². The SMILES string of the molecule is CN(Cc1ccccc1N)C(=O)c1ccc(F)c(F)c1. The maximum atomic E-state index is 13.1. The molecule has 104 valence electrons. The average molecular weight is 276 g/mol. The summed E-state index contributed by atoms with van der Waals surface area (Å²) in [7, 11) is 1.58. The zero-order valence-corrected chi connectivity index (χ0v) is 10.9. The van der Waals surface area contributed by atoms with E-state index in [2.05, 4.69) is 0 Å². The number of nitrogen functional groups attached to an aromatic ring is 1. The molecule has 2 N–H and O–H groups in total. The van der Waals surface area contributed by atoms with Crippen LogP contribution < -0.4 is 5.73 Å². The van der Waals surface area contributed by atoms with Crippen molar-refractivity contribution in [3.63, 3.8) is 0 Å². The topological polar surface area (TPSA) is 46.3 Å². The number of carbonyl (C=O) groups is 1. The fourth-order valence-corrected chi connectivity index (χ4v) is 1.86. The molecule has 0 aliphatic heterocycles. The lowest BCUT2D eigenvalue weighted by Crippen LogP contribution is -2.26. The molecular weight excluding hydrogens is 262 g/mol. The molecule has 0 aromatic heterocycles. The Balaban J connectivity index is 2.16. The smallest absolute Gasteiger partial charge is 0.254 e. The van der Waals surface area contributed by atoms with Gasteiger partial charge in [-0.2, -0.15) is 0 Å². The van der Waals surface area contributed by atoms with E-state index in [1.807, 2.05) is 12.1 Å². The van der Waals surface area contributed by atoms with Gasteiger partial charge in [-0.25, -0.2) is 8.78 Å². The summed E-state index contributed by atoms with van der Waals surface area (Å²) in [5.74, 6) is -2.41. The van der Waals surface area contributed by atoms with E-state index in [9.17, 15) is 13.6 Å². The molecule has 3 nitrogen and oxygen atoms in total. The van der Waals surface area contributed by atoms with Crippen LogP contribution in [-0.4, -0.2) is 17.9 Å². The molecule has 0 unspecified atom stereocenters. The molecular formula is C15H14F2N2O. The molecule has 2 aromatic carbocycles. The van der Waals surface area contributed by atoms with Crippen LogP contribution in [0.2, 0.25) is 0 Å². The maximum absolute atomic E-state index is 13.1. The highest BCUT2D eigenvalue weighted by molar-refractivity contribution is 5.94. The van der Waals surface area contributed by atoms with E-state index in [-0.39, 0.29) is 5.56 Å². The van der Waals surface area contributed by atoms with Crippen molar-refractivity contribution in [3.8, 4) is 0 Å². The molecule has 0 aliphatic rings. The average Bonchev–Trinajstić information content (AvgIpc) is 2.43. The Bertz CT molecular complexity index is 644. The van der Waals surface area contributed by atoms with Gasteiger partial charge in [0.1, 0.15) is 0 Å². The van der Waals surface area contributed by atoms with E-state index in [0.29, 0.717) is 12.2 Å². The Labute approximate surface area is 115 Å². The Kier molecular flexibility index (Phi) is 3.98. The van der Waals surface area contributed by atoms with Crippen molar-refractivity contribution in [1.82, 2.24) is 4.90 Å². The lowest BCUT2D eigenvalue weighted by molar-refractivity contribution is 0.0785. The summed E-state index contributed by atoms with van der Waals surface area (Å²) in [5, 5.41) is 0. The molecule has 0 bridgehead atoms. The Morgan fingerprint density at radius 1 is 1.15 bits per heavy atom. The minimum Gasteiger partial charge on any atom is -0.398 e. The fraction of sp³-hybridized carbons (Fsp3) is 0.133. The number of para-hydroxylation sites is 1. The number of carbonyl (C=O) groups excluding carboxylic acids is 1. The van der Waals surface area contributed by atoms with Gasteiger partial charge in [0, 0.05) is 24.8 Å². The highest BCUT2D eigenvalue weighted by Gasteiger charge is 2.15. The number of hydrogen-bond donors (Lipinski definition) is 1. The van der Waals surface area contributed by atoms with Crippen LogP contribution in [0.4, 0.5) is 14.5 Å². The van der Waals surface area contributed by atoms with E-state index in [4.69, 9.17) is 5.73 Å². The van der Waals surface area contributed by atoms with E-state index in [1.165, 1.54) is 11.0 Å². The third-order valence-electron chi connectivity index (χ3n) is 2.98. The van der Waals surface area contributed by atoms with Crippen LogP contribution >= 0.6 is 0 Å². The molecule has 5 heteroatoms. The van der Waals surface area contributed by atoms with Crippen molar-refractivity contribution in [2.45, 2.75) is 6.54 Å². The monoisotopic (exact) mass is 276 g/mol. The van der Waals surface area contributed by atoms with Crippen LogP contribution in [0.15, 0.2) is 42.5 Å². The number of nitrogens with two attached hydrogens (primary N) is 1. The van der Waals surface area contributed by atoms with Gasteiger partial charge >= 0.3 is 0 Å². The standard InChI is InChI=1S/C15H14F2N2O/c1-19(9-11-4-2-3-5-14(11)18)15(20)10-6-7-12(16)13(17)8-10/h2-8H,9,18H2,1H3. The number of rotatable bonds is 3. The first-order valence-corrected chi connectivity index (χ1v) is 6.03. The quantitative estimate of drug-likeness (QED) is 0.876. The van der Waals surface area contributed by atoms with E-state index < -0.39 is 17.5 Å². The van der Waals surface area contributed by atoms with Gasteiger partial charge < -0.3 is 10.6 Å². The summed E-state index contributed by atoms with van der Waals surface area (Å²) in [6.07, 6.45) is 0. The molecule has 2 aromatic rings. The number of nitrogens with zero attached hydrogens (tertiary/aromatic N) is 1. The van der Waals surface area contributed by atoms with E-state index in [1.54, 1.807) is 19.2 Å². The first-order valence-electron chi connectivity index (χ1n) is 6.03. The largest absolute Gasteiger partial charge is 0.398 e. The van der Waals surface area contributed by atoms with Gasteiger partial charge in [-0.1, -0.05) is 18.2 Å². The summed E-state index contributed by atoms with van der Waals surface area (Å²) >= 11 is 0. The third kappa shape index (κ3) is 2.93. The first-order chi connectivity index (χ1) is 9.49.